The summed E-state index contributed by atoms with van der Waals surface area (Å²) in [7, 11) is 0. The van der Waals surface area contributed by atoms with Crippen LogP contribution in [0.1, 0.15) is 38.5 Å². The largest absolute Gasteiger partial charge is 0.481 e. The van der Waals surface area contributed by atoms with Crippen molar-refractivity contribution in [3.8, 4) is 0 Å². The first-order valence-corrected chi connectivity index (χ1v) is 12.8. The molecule has 2 unspecified atom stereocenters. The maximum atomic E-state index is 13.2. The van der Waals surface area contributed by atoms with Crippen LogP contribution >= 0.6 is 15.9 Å². The van der Waals surface area contributed by atoms with Crippen molar-refractivity contribution in [2.45, 2.75) is 38.5 Å². The molecule has 1 aromatic rings. The van der Waals surface area contributed by atoms with E-state index in [0.717, 1.165) is 45.4 Å². The first kappa shape index (κ1) is 22.3. The minimum absolute atomic E-state index is 0.0291. The van der Waals surface area contributed by atoms with Crippen LogP contribution in [0.5, 0.6) is 0 Å². The van der Waals surface area contributed by atoms with Crippen molar-refractivity contribution in [3.63, 3.8) is 0 Å². The molecular formula is C24H32BrN3O4. The van der Waals surface area contributed by atoms with Crippen molar-refractivity contribution < 1.29 is 19.4 Å². The number of carboxylic acid groups (broad SMARTS) is 1. The zero-order valence-corrected chi connectivity index (χ0v) is 19.9. The monoisotopic (exact) mass is 505 g/mol. The Balaban J connectivity index is 1.19. The van der Waals surface area contributed by atoms with Gasteiger partial charge in [0, 0.05) is 13.2 Å². The van der Waals surface area contributed by atoms with Crippen LogP contribution in [0, 0.1) is 35.0 Å². The average molecular weight is 506 g/mol. The quantitative estimate of drug-likeness (QED) is 0.393. The summed E-state index contributed by atoms with van der Waals surface area (Å²) < 4.78 is 6.62. The number of pyridine rings is 1. The number of amides is 1. The van der Waals surface area contributed by atoms with Crippen LogP contribution in [-0.2, 0) is 14.3 Å². The lowest BCUT2D eigenvalue weighted by Crippen LogP contribution is -2.37. The highest BCUT2D eigenvalue weighted by Crippen LogP contribution is 2.78. The number of nitrogens with zero attached hydrogens (tertiary/aromatic N) is 2. The highest BCUT2D eigenvalue weighted by Gasteiger charge is 2.75. The van der Waals surface area contributed by atoms with Gasteiger partial charge in [-0.2, -0.15) is 0 Å². The summed E-state index contributed by atoms with van der Waals surface area (Å²) in [4.78, 5) is 32.0. The van der Waals surface area contributed by atoms with Crippen molar-refractivity contribution in [1.82, 2.24) is 9.88 Å². The molecule has 8 heteroatoms. The Morgan fingerprint density at radius 2 is 1.94 bits per heavy atom. The number of hydrogen-bond acceptors (Lipinski definition) is 5. The molecule has 6 atom stereocenters. The van der Waals surface area contributed by atoms with Crippen molar-refractivity contribution in [2.24, 2.45) is 35.0 Å². The number of anilines is 1. The molecule has 0 radical (unpaired) electrons. The van der Waals surface area contributed by atoms with Gasteiger partial charge in [-0.1, -0.05) is 0 Å². The molecule has 4 fully saturated rings. The molecule has 0 aromatic carbocycles. The molecule has 3 saturated carbocycles. The van der Waals surface area contributed by atoms with Gasteiger partial charge in [0.25, 0.3) is 0 Å². The van der Waals surface area contributed by atoms with Crippen LogP contribution in [0.3, 0.4) is 0 Å². The van der Waals surface area contributed by atoms with E-state index in [1.54, 1.807) is 18.3 Å². The van der Waals surface area contributed by atoms with Crippen molar-refractivity contribution in [3.05, 3.63) is 22.9 Å². The van der Waals surface area contributed by atoms with Crippen molar-refractivity contribution in [1.29, 1.82) is 0 Å². The number of carbonyl (C=O) groups excluding carboxylic acids is 1. The lowest BCUT2D eigenvalue weighted by Gasteiger charge is -2.26. The van der Waals surface area contributed by atoms with Crippen LogP contribution in [0.15, 0.2) is 22.9 Å². The second kappa shape index (κ2) is 9.03. The predicted octanol–water partition coefficient (Wildman–Crippen LogP) is 3.65. The van der Waals surface area contributed by atoms with E-state index in [0.29, 0.717) is 16.2 Å². The van der Waals surface area contributed by atoms with Crippen LogP contribution in [0.2, 0.25) is 0 Å². The predicted molar refractivity (Wildman–Crippen MR) is 123 cm³/mol. The van der Waals surface area contributed by atoms with Gasteiger partial charge in [0.2, 0.25) is 5.91 Å². The van der Waals surface area contributed by atoms with Gasteiger partial charge in [0.15, 0.2) is 0 Å². The average Bonchev–Trinajstić information content (AvgIpc) is 3.06. The molecule has 4 aliphatic rings. The molecule has 2 N–H and O–H groups in total. The Labute approximate surface area is 197 Å². The van der Waals surface area contributed by atoms with Gasteiger partial charge >= 0.3 is 5.97 Å². The first-order valence-electron chi connectivity index (χ1n) is 12.0. The summed E-state index contributed by atoms with van der Waals surface area (Å²) in [5.74, 6) is -1.28. The normalized spacial score (nSPS) is 35.5. The third kappa shape index (κ3) is 3.99. The van der Waals surface area contributed by atoms with Gasteiger partial charge in [0.05, 0.1) is 30.3 Å². The Morgan fingerprint density at radius 1 is 1.19 bits per heavy atom. The number of nitrogens with one attached hydrogen (secondary N) is 1. The summed E-state index contributed by atoms with van der Waals surface area (Å²) in [6.07, 6.45) is 8.10. The number of aliphatic carboxylic acids is 1. The third-order valence-corrected chi connectivity index (χ3v) is 9.04. The zero-order valence-electron chi connectivity index (χ0n) is 18.3. The van der Waals surface area contributed by atoms with Crippen molar-refractivity contribution in [2.75, 3.05) is 38.2 Å². The fourth-order valence-corrected chi connectivity index (χ4v) is 7.46. The third-order valence-electron chi connectivity index (χ3n) is 8.57. The molecule has 1 saturated heterocycles. The summed E-state index contributed by atoms with van der Waals surface area (Å²) in [5.41, 5.74) is 0.638. The fourth-order valence-electron chi connectivity index (χ4n) is 7.22. The lowest BCUT2D eigenvalue weighted by atomic mass is 9.78. The molecular weight excluding hydrogens is 474 g/mol. The summed E-state index contributed by atoms with van der Waals surface area (Å²) >= 11 is 3.30. The van der Waals surface area contributed by atoms with E-state index < -0.39 is 17.8 Å². The number of halogens is 1. The molecule has 1 aliphatic heterocycles. The molecule has 1 aromatic heterocycles. The fraction of sp³-hybridized carbons (Fsp3) is 0.708. The van der Waals surface area contributed by atoms with E-state index in [4.69, 9.17) is 4.74 Å². The first-order chi connectivity index (χ1) is 15.5. The Bertz CT molecular complexity index is 859. The lowest BCUT2D eigenvalue weighted by molar-refractivity contribution is -0.148. The van der Waals surface area contributed by atoms with E-state index >= 15 is 0 Å². The van der Waals surface area contributed by atoms with E-state index in [2.05, 4.69) is 31.1 Å². The second-order valence-electron chi connectivity index (χ2n) is 10.0. The zero-order chi connectivity index (χ0) is 22.3. The SMILES string of the molecule is O=C(O)[C@H]1[C@H](C(=O)Nc2ccc(Br)nc2)[C@@H]2CC[C@H]1C21CC1CCOCCN1CCCC1. The summed E-state index contributed by atoms with van der Waals surface area (Å²) in [6.45, 7) is 4.90. The summed E-state index contributed by atoms with van der Waals surface area (Å²) in [6, 6.07) is 3.56. The molecule has 174 valence electrons. The second-order valence-corrected chi connectivity index (χ2v) is 10.8. The highest BCUT2D eigenvalue weighted by molar-refractivity contribution is 9.10. The summed E-state index contributed by atoms with van der Waals surface area (Å²) in [5, 5.41) is 13.0. The number of aromatic nitrogens is 1. The van der Waals surface area contributed by atoms with E-state index in [1.165, 1.54) is 25.9 Å². The Morgan fingerprint density at radius 3 is 2.62 bits per heavy atom. The Kier molecular flexibility index (Phi) is 6.29. The van der Waals surface area contributed by atoms with E-state index in [1.807, 2.05) is 0 Å². The van der Waals surface area contributed by atoms with Crippen LogP contribution < -0.4 is 5.32 Å². The minimum atomic E-state index is -0.821. The van der Waals surface area contributed by atoms with Gasteiger partial charge in [-0.3, -0.25) is 9.59 Å². The number of hydrogen-bond donors (Lipinski definition) is 2. The molecule has 1 spiro atoms. The van der Waals surface area contributed by atoms with Gasteiger partial charge < -0.3 is 20.1 Å². The maximum Gasteiger partial charge on any atom is 0.307 e. The Hall–Kier alpha value is -1.51. The number of carbonyl (C=O) groups is 2. The molecule has 3 aliphatic carbocycles. The standard InChI is InChI=1S/C24H32BrN3O4/c25-19-6-3-16(14-26-19)27-22(29)20-17-4-5-18(21(20)23(30)31)24(17)13-15(24)7-11-32-12-10-28-8-1-2-9-28/h3,6,14-15,17-18,20-21H,1-2,4-5,7-13H2,(H,27,29)(H,30,31)/t15?,17-,18+,20+,21+,24?/m0/s1. The van der Waals surface area contributed by atoms with Gasteiger partial charge in [-0.05, 0) is 103 Å². The molecule has 2 heterocycles. The van der Waals surface area contributed by atoms with Crippen LogP contribution in [0.4, 0.5) is 5.69 Å². The van der Waals surface area contributed by atoms with Gasteiger partial charge in [-0.25, -0.2) is 4.98 Å². The van der Waals surface area contributed by atoms with Gasteiger partial charge in [0.1, 0.15) is 4.60 Å². The number of likely N-dealkylation sites (tertiary alicyclic amines) is 1. The molecule has 1 amide bonds. The van der Waals surface area contributed by atoms with E-state index in [9.17, 15) is 14.7 Å². The smallest absolute Gasteiger partial charge is 0.307 e. The maximum absolute atomic E-state index is 13.2. The van der Waals surface area contributed by atoms with Crippen LogP contribution in [-0.4, -0.2) is 59.7 Å². The van der Waals surface area contributed by atoms with Crippen LogP contribution in [0.25, 0.3) is 0 Å². The number of ether oxygens (including phenoxy) is 1. The minimum Gasteiger partial charge on any atom is -0.481 e. The topological polar surface area (TPSA) is 91.8 Å². The highest BCUT2D eigenvalue weighted by atomic mass is 79.9. The number of rotatable bonds is 9. The molecule has 2 bridgehead atoms. The number of carboxylic acids is 1. The van der Waals surface area contributed by atoms with Crippen molar-refractivity contribution >= 4 is 33.5 Å². The molecule has 7 nitrogen and oxygen atoms in total. The van der Waals surface area contributed by atoms with E-state index in [-0.39, 0.29) is 23.2 Å². The van der Waals surface area contributed by atoms with Gasteiger partial charge in [-0.15, -0.1) is 0 Å². The molecule has 5 rings (SSSR count). The molecule has 32 heavy (non-hydrogen) atoms.